The van der Waals surface area contributed by atoms with Crippen LogP contribution in [0.2, 0.25) is 0 Å². The van der Waals surface area contributed by atoms with E-state index >= 15 is 0 Å². The van der Waals surface area contributed by atoms with Gasteiger partial charge in [-0.25, -0.2) is 0 Å². The monoisotopic (exact) mass is 279 g/mol. The van der Waals surface area contributed by atoms with E-state index in [2.05, 4.69) is 29.0 Å². The van der Waals surface area contributed by atoms with Crippen LogP contribution in [0.3, 0.4) is 0 Å². The lowest BCUT2D eigenvalue weighted by atomic mass is 10.2. The Bertz CT molecular complexity index is 425. The molecule has 1 heterocycles. The van der Waals surface area contributed by atoms with E-state index in [9.17, 15) is 5.11 Å². The van der Waals surface area contributed by atoms with Crippen molar-refractivity contribution in [1.82, 2.24) is 10.2 Å². The highest BCUT2D eigenvalue weighted by Crippen LogP contribution is 2.19. The molecular formula is C14H21N3OS. The highest BCUT2D eigenvalue weighted by Gasteiger charge is 2.19. The lowest BCUT2D eigenvalue weighted by Crippen LogP contribution is -2.52. The van der Waals surface area contributed by atoms with E-state index in [4.69, 9.17) is 12.2 Å². The number of nitrogens with one attached hydrogen (secondary N) is 1. The van der Waals surface area contributed by atoms with Gasteiger partial charge in [0.1, 0.15) is 5.75 Å². The van der Waals surface area contributed by atoms with Crippen molar-refractivity contribution >= 4 is 23.0 Å². The molecule has 2 N–H and O–H groups in total. The van der Waals surface area contributed by atoms with Crippen LogP contribution in [0.4, 0.5) is 5.69 Å². The van der Waals surface area contributed by atoms with Crippen molar-refractivity contribution in [1.29, 1.82) is 0 Å². The van der Waals surface area contributed by atoms with E-state index in [1.54, 1.807) is 12.1 Å². The molecule has 1 aromatic rings. The molecule has 104 valence electrons. The first-order valence-electron chi connectivity index (χ1n) is 6.65. The summed E-state index contributed by atoms with van der Waals surface area (Å²) >= 11 is 5.39. The Labute approximate surface area is 120 Å². The van der Waals surface area contributed by atoms with Gasteiger partial charge in [0.25, 0.3) is 0 Å². The molecule has 19 heavy (non-hydrogen) atoms. The molecule has 1 fully saturated rings. The molecule has 0 unspecified atom stereocenters. The fraction of sp³-hybridized carbons (Fsp3) is 0.500. The number of hydrogen-bond acceptors (Lipinski definition) is 3. The number of thiocarbonyl (C=S) groups is 1. The zero-order valence-electron chi connectivity index (χ0n) is 11.5. The largest absolute Gasteiger partial charge is 0.508 e. The lowest BCUT2D eigenvalue weighted by molar-refractivity contribution is 0.377. The average molecular weight is 279 g/mol. The fourth-order valence-corrected chi connectivity index (χ4v) is 2.59. The van der Waals surface area contributed by atoms with Crippen LogP contribution in [0, 0.1) is 0 Å². The minimum atomic E-state index is 0.310. The van der Waals surface area contributed by atoms with Crippen molar-refractivity contribution in [3.05, 3.63) is 24.3 Å². The Morgan fingerprint density at radius 3 is 2.26 bits per heavy atom. The molecule has 1 saturated heterocycles. The minimum absolute atomic E-state index is 0.310. The first-order valence-corrected chi connectivity index (χ1v) is 7.06. The third kappa shape index (κ3) is 3.73. The number of rotatable bonds is 2. The Hall–Kier alpha value is -1.49. The number of piperazine rings is 1. The number of benzene rings is 1. The van der Waals surface area contributed by atoms with Crippen LogP contribution in [0.5, 0.6) is 5.75 Å². The summed E-state index contributed by atoms with van der Waals surface area (Å²) in [5.41, 5.74) is 1.15. The van der Waals surface area contributed by atoms with Crippen molar-refractivity contribution in [2.24, 2.45) is 0 Å². The number of anilines is 1. The van der Waals surface area contributed by atoms with Gasteiger partial charge in [-0.2, -0.15) is 0 Å². The van der Waals surface area contributed by atoms with Crippen molar-refractivity contribution in [2.45, 2.75) is 19.9 Å². The van der Waals surface area contributed by atoms with E-state index < -0.39 is 0 Å². The van der Waals surface area contributed by atoms with Gasteiger partial charge in [0.2, 0.25) is 0 Å². The van der Waals surface area contributed by atoms with Crippen LogP contribution in [-0.4, -0.2) is 47.3 Å². The third-order valence-corrected chi connectivity index (χ3v) is 3.57. The molecule has 1 aliphatic rings. The summed E-state index contributed by atoms with van der Waals surface area (Å²) in [6, 6.07) is 7.74. The maximum atomic E-state index is 9.30. The van der Waals surface area contributed by atoms with E-state index in [-0.39, 0.29) is 0 Å². The van der Waals surface area contributed by atoms with Gasteiger partial charge in [0.05, 0.1) is 0 Å². The van der Waals surface area contributed by atoms with Crippen LogP contribution in [0.25, 0.3) is 0 Å². The van der Waals surface area contributed by atoms with Crippen molar-refractivity contribution < 1.29 is 5.11 Å². The van der Waals surface area contributed by atoms with Gasteiger partial charge < -0.3 is 20.2 Å². The SMILES string of the molecule is CC(C)NC(=S)N1CCN(c2ccc(O)cc2)CC1. The zero-order valence-corrected chi connectivity index (χ0v) is 12.3. The standard InChI is InChI=1S/C14H21N3OS/c1-11(2)15-14(19)17-9-7-16(8-10-17)12-3-5-13(18)6-4-12/h3-6,11,18H,7-10H2,1-2H3,(H,15,19). The van der Waals surface area contributed by atoms with E-state index in [1.807, 2.05) is 12.1 Å². The van der Waals surface area contributed by atoms with Gasteiger partial charge in [-0.15, -0.1) is 0 Å². The van der Waals surface area contributed by atoms with Gasteiger partial charge in [0.15, 0.2) is 5.11 Å². The lowest BCUT2D eigenvalue weighted by Gasteiger charge is -2.37. The molecule has 0 bridgehead atoms. The second-order valence-corrected chi connectivity index (χ2v) is 5.48. The van der Waals surface area contributed by atoms with Gasteiger partial charge in [-0.05, 0) is 50.3 Å². The summed E-state index contributed by atoms with van der Waals surface area (Å²) in [6.07, 6.45) is 0. The Morgan fingerprint density at radius 2 is 1.74 bits per heavy atom. The molecule has 4 nitrogen and oxygen atoms in total. The maximum absolute atomic E-state index is 9.30. The summed E-state index contributed by atoms with van der Waals surface area (Å²) < 4.78 is 0. The molecule has 5 heteroatoms. The van der Waals surface area contributed by atoms with Crippen molar-refractivity contribution in [2.75, 3.05) is 31.1 Å². The predicted molar refractivity (Wildman–Crippen MR) is 82.8 cm³/mol. The van der Waals surface area contributed by atoms with Gasteiger partial charge in [-0.1, -0.05) is 0 Å². The predicted octanol–water partition coefficient (Wildman–Crippen LogP) is 1.80. The zero-order chi connectivity index (χ0) is 13.8. The van der Waals surface area contributed by atoms with Gasteiger partial charge in [-0.3, -0.25) is 0 Å². The van der Waals surface area contributed by atoms with Crippen molar-refractivity contribution in [3.63, 3.8) is 0 Å². The molecule has 1 aromatic carbocycles. The third-order valence-electron chi connectivity index (χ3n) is 3.19. The quantitative estimate of drug-likeness (QED) is 0.808. The molecule has 0 spiro atoms. The second kappa shape index (κ2) is 6.10. The smallest absolute Gasteiger partial charge is 0.169 e. The molecular weight excluding hydrogens is 258 g/mol. The molecule has 0 saturated carbocycles. The van der Waals surface area contributed by atoms with E-state index in [0.29, 0.717) is 11.8 Å². The summed E-state index contributed by atoms with van der Waals surface area (Å²) in [5.74, 6) is 0.310. The summed E-state index contributed by atoms with van der Waals surface area (Å²) in [7, 11) is 0. The molecule has 2 rings (SSSR count). The Balaban J connectivity index is 1.88. The molecule has 1 aliphatic heterocycles. The molecule has 0 radical (unpaired) electrons. The van der Waals surface area contributed by atoms with Crippen LogP contribution in [0.15, 0.2) is 24.3 Å². The summed E-state index contributed by atoms with van der Waals surface area (Å²) in [4.78, 5) is 4.53. The topological polar surface area (TPSA) is 38.7 Å². The van der Waals surface area contributed by atoms with Crippen LogP contribution in [0.1, 0.15) is 13.8 Å². The fourth-order valence-electron chi connectivity index (χ4n) is 2.17. The van der Waals surface area contributed by atoms with E-state index in [1.165, 1.54) is 0 Å². The molecule has 0 aliphatic carbocycles. The van der Waals surface area contributed by atoms with Crippen LogP contribution < -0.4 is 10.2 Å². The van der Waals surface area contributed by atoms with Crippen LogP contribution >= 0.6 is 12.2 Å². The summed E-state index contributed by atoms with van der Waals surface area (Å²) in [6.45, 7) is 7.95. The normalized spacial score (nSPS) is 15.7. The molecule has 0 aromatic heterocycles. The Kier molecular flexibility index (Phi) is 4.47. The number of aromatic hydroxyl groups is 1. The summed E-state index contributed by atoms with van der Waals surface area (Å²) in [5, 5.41) is 13.4. The number of phenolic OH excluding ortho intramolecular Hbond substituents is 1. The first-order chi connectivity index (χ1) is 9.06. The van der Waals surface area contributed by atoms with E-state index in [0.717, 1.165) is 37.0 Å². The molecule has 0 amide bonds. The first kappa shape index (κ1) is 13.9. The number of hydrogen-bond donors (Lipinski definition) is 2. The van der Waals surface area contributed by atoms with Gasteiger partial charge in [0, 0.05) is 37.9 Å². The van der Waals surface area contributed by atoms with Crippen LogP contribution in [-0.2, 0) is 0 Å². The van der Waals surface area contributed by atoms with Gasteiger partial charge >= 0.3 is 0 Å². The maximum Gasteiger partial charge on any atom is 0.169 e. The number of phenols is 1. The Morgan fingerprint density at radius 1 is 1.16 bits per heavy atom. The number of nitrogens with zero attached hydrogens (tertiary/aromatic N) is 2. The minimum Gasteiger partial charge on any atom is -0.508 e. The average Bonchev–Trinajstić information content (AvgIpc) is 2.39. The highest BCUT2D eigenvalue weighted by molar-refractivity contribution is 7.80. The molecule has 0 atom stereocenters. The van der Waals surface area contributed by atoms with Crippen molar-refractivity contribution in [3.8, 4) is 5.75 Å². The highest BCUT2D eigenvalue weighted by atomic mass is 32.1. The second-order valence-electron chi connectivity index (χ2n) is 5.09.